The summed E-state index contributed by atoms with van der Waals surface area (Å²) in [5, 5.41) is 8.74. The van der Waals surface area contributed by atoms with Crippen molar-refractivity contribution < 1.29 is 9.90 Å². The van der Waals surface area contributed by atoms with Crippen molar-refractivity contribution in [3.63, 3.8) is 0 Å². The molecule has 3 heteroatoms. The van der Waals surface area contributed by atoms with E-state index in [1.54, 1.807) is 19.1 Å². The van der Waals surface area contributed by atoms with Crippen LogP contribution in [0.2, 0.25) is 0 Å². The first kappa shape index (κ1) is 9.71. The van der Waals surface area contributed by atoms with Crippen LogP contribution in [0.15, 0.2) is 28.4 Å². The van der Waals surface area contributed by atoms with E-state index < -0.39 is 5.97 Å². The zero-order valence-electron chi connectivity index (χ0n) is 7.66. The van der Waals surface area contributed by atoms with Crippen molar-refractivity contribution in [1.29, 1.82) is 0 Å². The van der Waals surface area contributed by atoms with Crippen molar-refractivity contribution in [3.8, 4) is 0 Å². The number of hydrogen-bond acceptors (Lipinski definition) is 2. The lowest BCUT2D eigenvalue weighted by molar-refractivity contribution is -0.132. The van der Waals surface area contributed by atoms with Crippen LogP contribution < -0.4 is 0 Å². The Morgan fingerprint density at radius 2 is 2.23 bits per heavy atom. The number of carboxylic acids is 1. The molecule has 0 aromatic carbocycles. The van der Waals surface area contributed by atoms with Gasteiger partial charge in [-0.1, -0.05) is 6.08 Å². The number of carbonyl (C=O) groups is 1. The van der Waals surface area contributed by atoms with E-state index in [1.807, 2.05) is 0 Å². The van der Waals surface area contributed by atoms with Crippen LogP contribution in [0.25, 0.3) is 0 Å². The average molecular weight is 179 g/mol. The molecule has 0 aromatic rings. The third kappa shape index (κ3) is 2.54. The second-order valence-corrected chi connectivity index (χ2v) is 3.05. The number of hydrogen-bond donors (Lipinski definition) is 1. The van der Waals surface area contributed by atoms with E-state index in [1.165, 1.54) is 0 Å². The first-order valence-electron chi connectivity index (χ1n) is 4.27. The average Bonchev–Trinajstić information content (AvgIpc) is 2.89. The third-order valence-electron chi connectivity index (χ3n) is 2.04. The summed E-state index contributed by atoms with van der Waals surface area (Å²) in [4.78, 5) is 14.5. The zero-order chi connectivity index (χ0) is 9.84. The summed E-state index contributed by atoms with van der Waals surface area (Å²) in [5.74, 6) is -0.476. The van der Waals surface area contributed by atoms with Crippen molar-refractivity contribution >= 4 is 12.7 Å². The minimum absolute atomic E-state index is 0.286. The summed E-state index contributed by atoms with van der Waals surface area (Å²) in [6.45, 7) is 5.13. The van der Waals surface area contributed by atoms with E-state index in [2.05, 4.69) is 11.7 Å². The lowest BCUT2D eigenvalue weighted by atomic mass is 10.2. The van der Waals surface area contributed by atoms with Crippen molar-refractivity contribution in [3.05, 3.63) is 23.4 Å². The lowest BCUT2D eigenvalue weighted by Gasteiger charge is -1.98. The van der Waals surface area contributed by atoms with Gasteiger partial charge in [0.2, 0.25) is 0 Å². The van der Waals surface area contributed by atoms with Gasteiger partial charge in [0.15, 0.2) is 0 Å². The van der Waals surface area contributed by atoms with Crippen molar-refractivity contribution in [2.45, 2.75) is 19.8 Å². The Labute approximate surface area is 77.5 Å². The number of carboxylic acid groups (broad SMARTS) is 1. The number of allylic oxidation sites excluding steroid dienone is 2. The van der Waals surface area contributed by atoms with Crippen LogP contribution in [0.3, 0.4) is 0 Å². The molecule has 0 aliphatic heterocycles. The predicted molar refractivity (Wildman–Crippen MR) is 51.7 cm³/mol. The van der Waals surface area contributed by atoms with Gasteiger partial charge < -0.3 is 5.11 Å². The highest BCUT2D eigenvalue weighted by Crippen LogP contribution is 2.37. The lowest BCUT2D eigenvalue weighted by Crippen LogP contribution is -1.98. The molecule has 1 fully saturated rings. The molecular weight excluding hydrogens is 166 g/mol. The van der Waals surface area contributed by atoms with Gasteiger partial charge in [0.1, 0.15) is 0 Å². The molecule has 3 nitrogen and oxygen atoms in total. The summed E-state index contributed by atoms with van der Waals surface area (Å²) in [5.41, 5.74) is 1.09. The summed E-state index contributed by atoms with van der Waals surface area (Å²) in [7, 11) is 0. The van der Waals surface area contributed by atoms with Crippen LogP contribution in [0.1, 0.15) is 19.8 Å². The molecule has 1 aliphatic rings. The quantitative estimate of drug-likeness (QED) is 0.407. The van der Waals surface area contributed by atoms with Gasteiger partial charge in [-0.05, 0) is 32.6 Å². The van der Waals surface area contributed by atoms with Crippen molar-refractivity contribution in [2.24, 2.45) is 10.9 Å². The van der Waals surface area contributed by atoms with E-state index in [0.29, 0.717) is 5.92 Å². The summed E-state index contributed by atoms with van der Waals surface area (Å²) < 4.78 is 0. The minimum atomic E-state index is -0.913. The van der Waals surface area contributed by atoms with Crippen LogP contribution in [-0.2, 0) is 4.79 Å². The van der Waals surface area contributed by atoms with E-state index >= 15 is 0 Å². The van der Waals surface area contributed by atoms with Gasteiger partial charge in [-0.2, -0.15) is 0 Å². The van der Waals surface area contributed by atoms with Crippen LogP contribution in [0.5, 0.6) is 0 Å². The maximum absolute atomic E-state index is 10.7. The monoisotopic (exact) mass is 179 g/mol. The molecule has 0 radical (unpaired) electrons. The Bertz CT molecular complexity index is 285. The highest BCUT2D eigenvalue weighted by Gasteiger charge is 2.25. The Morgan fingerprint density at radius 3 is 2.54 bits per heavy atom. The molecular formula is C10H13NO2. The molecule has 13 heavy (non-hydrogen) atoms. The number of aliphatic imine (C=N–C) groups is 1. The fraction of sp³-hybridized carbons (Fsp3) is 0.400. The highest BCUT2D eigenvalue weighted by atomic mass is 16.4. The molecule has 0 heterocycles. The van der Waals surface area contributed by atoms with E-state index in [9.17, 15) is 4.79 Å². The Hall–Kier alpha value is -1.38. The van der Waals surface area contributed by atoms with Crippen LogP contribution >= 0.6 is 0 Å². The Kier molecular flexibility index (Phi) is 3.01. The first-order valence-corrected chi connectivity index (χ1v) is 4.27. The zero-order valence-corrected chi connectivity index (χ0v) is 7.66. The summed E-state index contributed by atoms with van der Waals surface area (Å²) in [6.07, 6.45) is 5.37. The largest absolute Gasteiger partial charge is 0.478 e. The second kappa shape index (κ2) is 4.03. The van der Waals surface area contributed by atoms with Gasteiger partial charge in [0.25, 0.3) is 0 Å². The molecule has 1 saturated carbocycles. The maximum atomic E-state index is 10.7. The van der Waals surface area contributed by atoms with E-state index in [4.69, 9.17) is 5.11 Å². The molecule has 1 N–H and O–H groups in total. The Balaban J connectivity index is 2.80. The van der Waals surface area contributed by atoms with Crippen molar-refractivity contribution in [1.82, 2.24) is 0 Å². The van der Waals surface area contributed by atoms with Gasteiger partial charge in [-0.25, -0.2) is 4.79 Å². The van der Waals surface area contributed by atoms with Gasteiger partial charge in [0.05, 0.1) is 5.57 Å². The maximum Gasteiger partial charge on any atom is 0.335 e. The third-order valence-corrected chi connectivity index (χ3v) is 2.04. The normalized spacial score (nSPS) is 18.5. The smallest absolute Gasteiger partial charge is 0.335 e. The molecule has 1 aliphatic carbocycles. The van der Waals surface area contributed by atoms with E-state index in [0.717, 1.165) is 18.5 Å². The molecule has 0 bridgehead atoms. The number of nitrogens with zero attached hydrogens (tertiary/aromatic N) is 1. The molecule has 1 rings (SSSR count). The minimum Gasteiger partial charge on any atom is -0.478 e. The van der Waals surface area contributed by atoms with Gasteiger partial charge in [-0.15, -0.1) is 0 Å². The molecule has 0 saturated heterocycles. The van der Waals surface area contributed by atoms with Crippen molar-refractivity contribution in [2.75, 3.05) is 0 Å². The van der Waals surface area contributed by atoms with Crippen LogP contribution in [0.4, 0.5) is 0 Å². The molecule has 0 spiro atoms. The molecule has 0 atom stereocenters. The first-order chi connectivity index (χ1) is 6.19. The molecule has 0 amide bonds. The summed E-state index contributed by atoms with van der Waals surface area (Å²) >= 11 is 0. The van der Waals surface area contributed by atoms with Gasteiger partial charge in [0, 0.05) is 11.6 Å². The topological polar surface area (TPSA) is 49.7 Å². The standard InChI is InChI=1S/C10H13NO2/c1-3-7(10(12)13)6-9(11-2)8-4-5-8/h3,6,8H,2,4-5H2,1H3,(H,12,13)/b7-3+,9-6-. The number of rotatable bonds is 4. The van der Waals surface area contributed by atoms with Gasteiger partial charge >= 0.3 is 5.97 Å². The fourth-order valence-corrected chi connectivity index (χ4v) is 1.10. The molecule has 70 valence electrons. The molecule has 0 aromatic heterocycles. The van der Waals surface area contributed by atoms with E-state index in [-0.39, 0.29) is 5.57 Å². The summed E-state index contributed by atoms with van der Waals surface area (Å²) in [6, 6.07) is 0. The SMILES string of the molecule is C=N/C(=C\C(=C/C)C(=O)O)C1CC1. The Morgan fingerprint density at radius 1 is 1.62 bits per heavy atom. The van der Waals surface area contributed by atoms with Gasteiger partial charge in [-0.3, -0.25) is 4.99 Å². The van der Waals surface area contributed by atoms with Crippen LogP contribution in [-0.4, -0.2) is 17.8 Å². The highest BCUT2D eigenvalue weighted by molar-refractivity contribution is 5.89. The van der Waals surface area contributed by atoms with Crippen LogP contribution in [0, 0.1) is 5.92 Å². The number of aliphatic carboxylic acids is 1. The fourth-order valence-electron chi connectivity index (χ4n) is 1.10. The predicted octanol–water partition coefficient (Wildman–Crippen LogP) is 2.01. The second-order valence-electron chi connectivity index (χ2n) is 3.05. The molecule has 0 unspecified atom stereocenters.